The summed E-state index contributed by atoms with van der Waals surface area (Å²) in [6, 6.07) is 8.13. The summed E-state index contributed by atoms with van der Waals surface area (Å²) >= 11 is 0. The highest BCUT2D eigenvalue weighted by Gasteiger charge is 2.62. The fourth-order valence-corrected chi connectivity index (χ4v) is 6.94. The highest BCUT2D eigenvalue weighted by atomic mass is 16.5. The molecule has 5 fully saturated rings. The van der Waals surface area contributed by atoms with Crippen LogP contribution in [-0.4, -0.2) is 59.9 Å². The summed E-state index contributed by atoms with van der Waals surface area (Å²) in [5.41, 5.74) is 1.48. The van der Waals surface area contributed by atoms with E-state index < -0.39 is 12.1 Å². The van der Waals surface area contributed by atoms with Crippen molar-refractivity contribution < 1.29 is 19.1 Å². The third-order valence-electron chi connectivity index (χ3n) is 9.05. The van der Waals surface area contributed by atoms with Crippen LogP contribution >= 0.6 is 0 Å². The quantitative estimate of drug-likeness (QED) is 0.550. The van der Waals surface area contributed by atoms with Crippen molar-refractivity contribution in [2.75, 3.05) is 20.2 Å². The molecule has 2 saturated heterocycles. The molecule has 9 nitrogen and oxygen atoms in total. The molecule has 1 aromatic carbocycles. The van der Waals surface area contributed by atoms with Gasteiger partial charge in [0.05, 0.1) is 13.2 Å². The summed E-state index contributed by atoms with van der Waals surface area (Å²) < 4.78 is 5.44. The number of methoxy groups -OCH3 is 1. The van der Waals surface area contributed by atoms with E-state index in [9.17, 15) is 19.6 Å². The summed E-state index contributed by atoms with van der Waals surface area (Å²) in [5.74, 6) is 0.900. The Labute approximate surface area is 209 Å². The molecule has 3 heterocycles. The summed E-state index contributed by atoms with van der Waals surface area (Å²) in [6.45, 7) is 1.14. The first-order chi connectivity index (χ1) is 17.4. The molecule has 7 rings (SSSR count). The molecule has 1 aromatic heterocycles. The first-order valence-electron chi connectivity index (χ1n) is 12.8. The molecule has 36 heavy (non-hydrogen) atoms. The lowest BCUT2D eigenvalue weighted by Gasteiger charge is -2.65. The summed E-state index contributed by atoms with van der Waals surface area (Å²) in [6.07, 6.45) is 5.12. The topological polar surface area (TPSA) is 127 Å². The summed E-state index contributed by atoms with van der Waals surface area (Å²) in [5, 5.41) is 16.1. The number of nitrogens with one attached hydrogen (secondary N) is 3. The molecule has 4 atom stereocenters. The summed E-state index contributed by atoms with van der Waals surface area (Å²) in [4.78, 5) is 44.1. The highest BCUT2D eigenvalue weighted by molar-refractivity contribution is 6.01. The number of H-pyrrole nitrogens is 1. The molecule has 188 valence electrons. The molecule has 3 amide bonds. The van der Waals surface area contributed by atoms with E-state index >= 15 is 0 Å². The van der Waals surface area contributed by atoms with Crippen LogP contribution in [-0.2, 0) is 9.59 Å². The minimum absolute atomic E-state index is 0.0694. The number of amides is 3. The van der Waals surface area contributed by atoms with Gasteiger partial charge in [-0.1, -0.05) is 6.07 Å². The van der Waals surface area contributed by atoms with Gasteiger partial charge in [-0.15, -0.1) is 0 Å². The van der Waals surface area contributed by atoms with Crippen molar-refractivity contribution >= 4 is 28.6 Å². The van der Waals surface area contributed by atoms with E-state index in [-0.39, 0.29) is 41.4 Å². The average Bonchev–Trinajstić information content (AvgIpc) is 3.54. The van der Waals surface area contributed by atoms with Gasteiger partial charge in [0, 0.05) is 29.9 Å². The third-order valence-corrected chi connectivity index (χ3v) is 9.05. The van der Waals surface area contributed by atoms with Gasteiger partial charge in [-0.3, -0.25) is 14.4 Å². The molecule has 3 N–H and O–H groups in total. The lowest BCUT2D eigenvalue weighted by atomic mass is 9.40. The van der Waals surface area contributed by atoms with Crippen molar-refractivity contribution in [3.63, 3.8) is 0 Å². The summed E-state index contributed by atoms with van der Waals surface area (Å²) in [7, 11) is 1.60. The molecule has 0 radical (unpaired) electrons. The molecule has 3 saturated carbocycles. The number of rotatable bonds is 7. The van der Waals surface area contributed by atoms with Gasteiger partial charge in [-0.25, -0.2) is 0 Å². The fourth-order valence-electron chi connectivity index (χ4n) is 6.94. The average molecular weight is 490 g/mol. The zero-order valence-electron chi connectivity index (χ0n) is 20.4. The van der Waals surface area contributed by atoms with E-state index in [1.807, 2.05) is 18.2 Å². The van der Waals surface area contributed by atoms with Crippen LogP contribution in [0.1, 0.15) is 49.0 Å². The second-order valence-electron chi connectivity index (χ2n) is 11.1. The number of nitrogens with zero attached hydrogens (tertiary/aromatic N) is 2. The van der Waals surface area contributed by atoms with Crippen LogP contribution in [0.15, 0.2) is 24.3 Å². The molecule has 0 unspecified atom stereocenters. The predicted molar refractivity (Wildman–Crippen MR) is 131 cm³/mol. The van der Waals surface area contributed by atoms with Gasteiger partial charge in [0.25, 0.3) is 5.91 Å². The molecule has 9 heteroatoms. The van der Waals surface area contributed by atoms with Crippen molar-refractivity contribution in [3.8, 4) is 11.8 Å². The van der Waals surface area contributed by atoms with Crippen molar-refractivity contribution in [2.45, 2.75) is 50.6 Å². The van der Waals surface area contributed by atoms with Crippen molar-refractivity contribution in [2.24, 2.45) is 23.2 Å². The van der Waals surface area contributed by atoms with Gasteiger partial charge in [0.15, 0.2) is 0 Å². The van der Waals surface area contributed by atoms with Gasteiger partial charge < -0.3 is 25.3 Å². The number of hydrogen-bond acceptors (Lipinski definition) is 5. The number of carbonyl (C=O) groups excluding carboxylic acids is 3. The van der Waals surface area contributed by atoms with Crippen molar-refractivity contribution in [1.82, 2.24) is 20.5 Å². The molecule has 0 spiro atoms. The van der Waals surface area contributed by atoms with Crippen LogP contribution in [0, 0.1) is 34.5 Å². The lowest BCUT2D eigenvalue weighted by molar-refractivity contribution is -0.147. The van der Waals surface area contributed by atoms with E-state index in [1.165, 1.54) is 19.3 Å². The minimum Gasteiger partial charge on any atom is -0.496 e. The Balaban J connectivity index is 1.23. The van der Waals surface area contributed by atoms with E-state index in [4.69, 9.17) is 4.74 Å². The number of nitriles is 1. The van der Waals surface area contributed by atoms with Gasteiger partial charge >= 0.3 is 0 Å². The Bertz CT molecular complexity index is 1260. The monoisotopic (exact) mass is 489 g/mol. The fraction of sp³-hybridized carbons (Fsp3) is 0.556. The van der Waals surface area contributed by atoms with Crippen LogP contribution in [0.4, 0.5) is 0 Å². The maximum atomic E-state index is 13.8. The predicted octanol–water partition coefficient (Wildman–Crippen LogP) is 2.34. The number of ether oxygens (including phenoxy) is 1. The number of benzene rings is 1. The van der Waals surface area contributed by atoms with E-state index in [1.54, 1.807) is 18.1 Å². The normalized spacial score (nSPS) is 31.2. The van der Waals surface area contributed by atoms with E-state index in [0.29, 0.717) is 37.4 Å². The van der Waals surface area contributed by atoms with Crippen LogP contribution in [0.2, 0.25) is 0 Å². The first-order valence-corrected chi connectivity index (χ1v) is 12.8. The Kier molecular flexibility index (Phi) is 5.43. The standard InChI is InChI=1S/C27H31N5O4/c1-36-23-4-2-3-20-19(23)9-21(31-20)26(35)32-14-17(27-10-15(11-27)12-27)8-22(32)25(34)30-18(13-28)7-16-5-6-29-24(16)33/h2-4,9,15-18,22,31H,5-8,10-12,14H2,1H3,(H,29,33)(H,30,34)/t15?,16-,17+,18-,22-,27?/m0/s1. The minimum atomic E-state index is -0.769. The second-order valence-corrected chi connectivity index (χ2v) is 11.1. The van der Waals surface area contributed by atoms with Crippen LogP contribution in [0.25, 0.3) is 10.9 Å². The Morgan fingerprint density at radius 1 is 1.33 bits per heavy atom. The lowest BCUT2D eigenvalue weighted by Crippen LogP contribution is -2.56. The van der Waals surface area contributed by atoms with Crippen molar-refractivity contribution in [1.29, 1.82) is 5.26 Å². The zero-order chi connectivity index (χ0) is 25.0. The van der Waals surface area contributed by atoms with Gasteiger partial charge in [-0.05, 0) is 74.0 Å². The Morgan fingerprint density at radius 3 is 2.78 bits per heavy atom. The van der Waals surface area contributed by atoms with Crippen LogP contribution in [0.3, 0.4) is 0 Å². The molecular weight excluding hydrogens is 458 g/mol. The number of aromatic nitrogens is 1. The number of fused-ring (bicyclic) bond motifs is 1. The molecular formula is C27H31N5O4. The first kappa shape index (κ1) is 22.9. The molecule has 2 aromatic rings. The van der Waals surface area contributed by atoms with Gasteiger partial charge in [-0.2, -0.15) is 5.26 Å². The maximum absolute atomic E-state index is 13.8. The third kappa shape index (κ3) is 3.62. The Morgan fingerprint density at radius 2 is 2.14 bits per heavy atom. The van der Waals surface area contributed by atoms with E-state index in [2.05, 4.69) is 21.7 Å². The SMILES string of the molecule is COc1cccc2[nH]c(C(=O)N3C[C@H](C45CC(C4)C5)C[C@H]3C(=O)N[C@H](C#N)C[C@@H]3CCNC3=O)cc12. The molecule has 2 aliphatic heterocycles. The number of hydrogen-bond donors (Lipinski definition) is 3. The smallest absolute Gasteiger partial charge is 0.270 e. The molecule has 2 bridgehead atoms. The van der Waals surface area contributed by atoms with E-state index in [0.717, 1.165) is 16.8 Å². The highest BCUT2D eigenvalue weighted by Crippen LogP contribution is 2.69. The van der Waals surface area contributed by atoms with Crippen LogP contribution in [0.5, 0.6) is 5.75 Å². The number of likely N-dealkylation sites (tertiary alicyclic amines) is 1. The number of aromatic amines is 1. The van der Waals surface area contributed by atoms with Gasteiger partial charge in [0.1, 0.15) is 23.5 Å². The van der Waals surface area contributed by atoms with Gasteiger partial charge in [0.2, 0.25) is 11.8 Å². The zero-order valence-corrected chi connectivity index (χ0v) is 20.4. The second kappa shape index (κ2) is 8.54. The molecule has 5 aliphatic rings. The van der Waals surface area contributed by atoms with Crippen LogP contribution < -0.4 is 15.4 Å². The van der Waals surface area contributed by atoms with Crippen molar-refractivity contribution in [3.05, 3.63) is 30.0 Å². The largest absolute Gasteiger partial charge is 0.496 e. The Hall–Kier alpha value is -3.54. The number of carbonyl (C=O) groups is 3. The maximum Gasteiger partial charge on any atom is 0.270 e. The molecule has 3 aliphatic carbocycles.